The summed E-state index contributed by atoms with van der Waals surface area (Å²) in [6.45, 7) is 2.48. The highest BCUT2D eigenvalue weighted by atomic mass is 32.2. The smallest absolute Gasteiger partial charge is 0.241 e. The lowest BCUT2D eigenvalue weighted by atomic mass is 10.1. The van der Waals surface area contributed by atoms with Crippen LogP contribution in [0.15, 0.2) is 41.3 Å². The molecule has 19 heavy (non-hydrogen) atoms. The molecule has 0 amide bonds. The molecule has 0 aliphatic rings. The molecule has 0 saturated carbocycles. The maximum atomic E-state index is 12.3. The summed E-state index contributed by atoms with van der Waals surface area (Å²) in [5, 5.41) is 1.42. The first-order valence-electron chi connectivity index (χ1n) is 6.33. The zero-order valence-electron chi connectivity index (χ0n) is 10.9. The van der Waals surface area contributed by atoms with Gasteiger partial charge in [-0.25, -0.2) is 13.1 Å². The zero-order chi connectivity index (χ0) is 13.9. The molecule has 0 spiro atoms. The summed E-state index contributed by atoms with van der Waals surface area (Å²) in [6, 6.07) is 10.5. The van der Waals surface area contributed by atoms with Crippen LogP contribution in [0.1, 0.15) is 19.8 Å². The molecule has 0 aliphatic heterocycles. The van der Waals surface area contributed by atoms with E-state index in [1.54, 1.807) is 30.3 Å². The Kier molecular flexibility index (Phi) is 4.07. The highest BCUT2D eigenvalue weighted by Gasteiger charge is 2.16. The SMILES string of the molecule is CCCCNS(=O)(=O)c1cccc2c(N)cccc12. The molecule has 5 heteroatoms. The average Bonchev–Trinajstić information content (AvgIpc) is 2.39. The fourth-order valence-corrected chi connectivity index (χ4v) is 3.29. The Morgan fingerprint density at radius 3 is 2.53 bits per heavy atom. The summed E-state index contributed by atoms with van der Waals surface area (Å²) in [4.78, 5) is 0.286. The number of anilines is 1. The molecule has 3 N–H and O–H groups in total. The zero-order valence-corrected chi connectivity index (χ0v) is 11.7. The quantitative estimate of drug-likeness (QED) is 0.652. The molecule has 0 unspecified atom stereocenters. The number of nitrogens with two attached hydrogens (primary N) is 1. The normalized spacial score (nSPS) is 11.8. The van der Waals surface area contributed by atoms with Gasteiger partial charge in [0.05, 0.1) is 4.90 Å². The lowest BCUT2D eigenvalue weighted by molar-refractivity contribution is 0.579. The van der Waals surface area contributed by atoms with Crippen molar-refractivity contribution in [1.82, 2.24) is 4.72 Å². The van der Waals surface area contributed by atoms with E-state index in [1.807, 2.05) is 13.0 Å². The van der Waals surface area contributed by atoms with Gasteiger partial charge in [0.15, 0.2) is 0 Å². The number of nitrogens with one attached hydrogen (secondary N) is 1. The van der Waals surface area contributed by atoms with Gasteiger partial charge in [0, 0.05) is 23.0 Å². The Hall–Kier alpha value is -1.59. The number of hydrogen-bond donors (Lipinski definition) is 2. The molecular weight excluding hydrogens is 260 g/mol. The van der Waals surface area contributed by atoms with Crippen LogP contribution < -0.4 is 10.5 Å². The van der Waals surface area contributed by atoms with Crippen molar-refractivity contribution < 1.29 is 8.42 Å². The van der Waals surface area contributed by atoms with Crippen molar-refractivity contribution in [2.24, 2.45) is 0 Å². The summed E-state index contributed by atoms with van der Waals surface area (Å²) in [5.41, 5.74) is 6.46. The summed E-state index contributed by atoms with van der Waals surface area (Å²) in [6.07, 6.45) is 1.77. The van der Waals surface area contributed by atoms with Gasteiger partial charge >= 0.3 is 0 Å². The molecule has 4 nitrogen and oxygen atoms in total. The van der Waals surface area contributed by atoms with E-state index in [0.717, 1.165) is 18.2 Å². The summed E-state index contributed by atoms with van der Waals surface area (Å²) >= 11 is 0. The van der Waals surface area contributed by atoms with Crippen molar-refractivity contribution in [3.63, 3.8) is 0 Å². The lowest BCUT2D eigenvalue weighted by Crippen LogP contribution is -2.24. The van der Waals surface area contributed by atoms with Gasteiger partial charge in [-0.2, -0.15) is 0 Å². The van der Waals surface area contributed by atoms with Gasteiger partial charge in [-0.15, -0.1) is 0 Å². The summed E-state index contributed by atoms with van der Waals surface area (Å²) < 4.78 is 27.2. The van der Waals surface area contributed by atoms with E-state index in [0.29, 0.717) is 17.6 Å². The Balaban J connectivity index is 2.48. The van der Waals surface area contributed by atoms with Gasteiger partial charge in [-0.3, -0.25) is 0 Å². The first-order chi connectivity index (χ1) is 9.06. The Morgan fingerprint density at radius 2 is 1.79 bits per heavy atom. The van der Waals surface area contributed by atoms with Gasteiger partial charge < -0.3 is 5.73 Å². The standard InChI is InChI=1S/C14H18N2O2S/c1-2-3-10-16-19(17,18)14-9-5-6-11-12(14)7-4-8-13(11)15/h4-9,16H,2-3,10,15H2,1H3. The largest absolute Gasteiger partial charge is 0.398 e. The third-order valence-corrected chi connectivity index (χ3v) is 4.55. The number of unbranched alkanes of at least 4 members (excludes halogenated alkanes) is 1. The second-order valence-corrected chi connectivity index (χ2v) is 6.19. The average molecular weight is 278 g/mol. The minimum absolute atomic E-state index is 0.286. The van der Waals surface area contributed by atoms with Gasteiger partial charge in [-0.1, -0.05) is 37.6 Å². The first-order valence-corrected chi connectivity index (χ1v) is 7.81. The van der Waals surface area contributed by atoms with E-state index < -0.39 is 10.0 Å². The Bertz CT molecular complexity index is 681. The summed E-state index contributed by atoms with van der Waals surface area (Å²) in [5.74, 6) is 0. The highest BCUT2D eigenvalue weighted by molar-refractivity contribution is 7.89. The first kappa shape index (κ1) is 13.8. The number of fused-ring (bicyclic) bond motifs is 1. The predicted molar refractivity (Wildman–Crippen MR) is 78.5 cm³/mol. The van der Waals surface area contributed by atoms with Gasteiger partial charge in [-0.05, 0) is 18.6 Å². The van der Waals surface area contributed by atoms with Gasteiger partial charge in [0.1, 0.15) is 0 Å². The Labute approximate surface area is 113 Å². The minimum Gasteiger partial charge on any atom is -0.398 e. The van der Waals surface area contributed by atoms with E-state index >= 15 is 0 Å². The van der Waals surface area contributed by atoms with E-state index in [-0.39, 0.29) is 4.90 Å². The minimum atomic E-state index is -3.48. The maximum Gasteiger partial charge on any atom is 0.241 e. The predicted octanol–water partition coefficient (Wildman–Crippen LogP) is 2.50. The summed E-state index contributed by atoms with van der Waals surface area (Å²) in [7, 11) is -3.48. The van der Waals surface area contributed by atoms with Crippen LogP contribution in [-0.2, 0) is 10.0 Å². The topological polar surface area (TPSA) is 72.2 Å². The van der Waals surface area contributed by atoms with Crippen molar-refractivity contribution >= 4 is 26.5 Å². The lowest BCUT2D eigenvalue weighted by Gasteiger charge is -2.10. The molecular formula is C14H18N2O2S. The Morgan fingerprint density at radius 1 is 1.11 bits per heavy atom. The van der Waals surface area contributed by atoms with Crippen LogP contribution >= 0.6 is 0 Å². The van der Waals surface area contributed by atoms with E-state index in [2.05, 4.69) is 4.72 Å². The van der Waals surface area contributed by atoms with Crippen LogP contribution in [0.25, 0.3) is 10.8 Å². The van der Waals surface area contributed by atoms with E-state index in [4.69, 9.17) is 5.73 Å². The number of benzene rings is 2. The van der Waals surface area contributed by atoms with Crippen molar-refractivity contribution in [3.8, 4) is 0 Å². The van der Waals surface area contributed by atoms with Crippen LogP contribution in [0.3, 0.4) is 0 Å². The number of hydrogen-bond acceptors (Lipinski definition) is 3. The number of sulfonamides is 1. The van der Waals surface area contributed by atoms with Crippen LogP contribution in [0.5, 0.6) is 0 Å². The number of nitrogen functional groups attached to an aromatic ring is 1. The van der Waals surface area contributed by atoms with Crippen LogP contribution in [0, 0.1) is 0 Å². The second kappa shape index (κ2) is 5.59. The molecule has 0 aromatic heterocycles. The molecule has 102 valence electrons. The van der Waals surface area contributed by atoms with Gasteiger partial charge in [0.25, 0.3) is 0 Å². The molecule has 0 saturated heterocycles. The molecule has 2 aromatic rings. The van der Waals surface area contributed by atoms with Crippen molar-refractivity contribution in [1.29, 1.82) is 0 Å². The van der Waals surface area contributed by atoms with Gasteiger partial charge in [0.2, 0.25) is 10.0 Å². The molecule has 0 atom stereocenters. The van der Waals surface area contributed by atoms with E-state index in [9.17, 15) is 8.42 Å². The number of rotatable bonds is 5. The fourth-order valence-electron chi connectivity index (χ4n) is 2.00. The van der Waals surface area contributed by atoms with Crippen molar-refractivity contribution in [3.05, 3.63) is 36.4 Å². The maximum absolute atomic E-state index is 12.3. The van der Waals surface area contributed by atoms with Crippen LogP contribution in [0.4, 0.5) is 5.69 Å². The molecule has 0 aliphatic carbocycles. The molecule has 2 rings (SSSR count). The fraction of sp³-hybridized carbons (Fsp3) is 0.286. The highest BCUT2D eigenvalue weighted by Crippen LogP contribution is 2.26. The molecule has 0 heterocycles. The van der Waals surface area contributed by atoms with Crippen LogP contribution in [0.2, 0.25) is 0 Å². The third-order valence-electron chi connectivity index (χ3n) is 3.03. The van der Waals surface area contributed by atoms with Crippen molar-refractivity contribution in [2.75, 3.05) is 12.3 Å². The second-order valence-electron chi connectivity index (χ2n) is 4.45. The molecule has 0 radical (unpaired) electrons. The van der Waals surface area contributed by atoms with E-state index in [1.165, 1.54) is 0 Å². The molecule has 0 bridgehead atoms. The third kappa shape index (κ3) is 2.88. The molecule has 0 fully saturated rings. The van der Waals surface area contributed by atoms with Crippen molar-refractivity contribution in [2.45, 2.75) is 24.7 Å². The monoisotopic (exact) mass is 278 g/mol. The van der Waals surface area contributed by atoms with Crippen LogP contribution in [-0.4, -0.2) is 15.0 Å². The molecule has 2 aromatic carbocycles.